The monoisotopic (exact) mass is 319 g/mol. The molecule has 1 aliphatic rings. The fourth-order valence-corrected chi connectivity index (χ4v) is 2.75. The maximum absolute atomic E-state index is 13.8. The number of fused-ring (bicyclic) bond motifs is 1. The van der Waals surface area contributed by atoms with Crippen LogP contribution < -0.4 is 5.32 Å². The molecule has 0 spiro atoms. The Labute approximate surface area is 118 Å². The van der Waals surface area contributed by atoms with Gasteiger partial charge in [-0.2, -0.15) is 0 Å². The van der Waals surface area contributed by atoms with Crippen LogP contribution in [0.4, 0.5) is 10.1 Å². The van der Waals surface area contributed by atoms with Crippen LogP contribution in [-0.2, 0) is 0 Å². The van der Waals surface area contributed by atoms with Crippen molar-refractivity contribution in [3.8, 4) is 0 Å². The molecule has 0 aromatic heterocycles. The second kappa shape index (κ2) is 4.78. The lowest BCUT2D eigenvalue weighted by molar-refractivity contribution is 0.0962. The normalized spacial score (nSPS) is 16.8. The average Bonchev–Trinajstić information content (AvgIpc) is 2.84. The zero-order chi connectivity index (χ0) is 13.4. The molecular formula is C15H11BrFNO. The number of hydrogen-bond acceptors (Lipinski definition) is 2. The van der Waals surface area contributed by atoms with Gasteiger partial charge in [-0.25, -0.2) is 4.39 Å². The van der Waals surface area contributed by atoms with E-state index in [1.165, 1.54) is 6.07 Å². The van der Waals surface area contributed by atoms with Crippen molar-refractivity contribution in [3.05, 3.63) is 63.9 Å². The third-order valence-electron chi connectivity index (χ3n) is 3.34. The van der Waals surface area contributed by atoms with Crippen LogP contribution in [-0.4, -0.2) is 12.3 Å². The third-order valence-corrected chi connectivity index (χ3v) is 3.84. The van der Waals surface area contributed by atoms with Crippen molar-refractivity contribution >= 4 is 27.4 Å². The first-order chi connectivity index (χ1) is 9.16. The number of nitrogens with one attached hydrogen (secondary N) is 1. The number of carbonyl (C=O) groups excluding carboxylic acids is 1. The van der Waals surface area contributed by atoms with Crippen LogP contribution in [0.25, 0.3) is 0 Å². The highest BCUT2D eigenvalue weighted by Gasteiger charge is 2.30. The van der Waals surface area contributed by atoms with Crippen molar-refractivity contribution < 1.29 is 9.18 Å². The first-order valence-electron chi connectivity index (χ1n) is 5.99. The highest BCUT2D eigenvalue weighted by Crippen LogP contribution is 2.34. The molecule has 0 fully saturated rings. The van der Waals surface area contributed by atoms with Crippen LogP contribution in [0.5, 0.6) is 0 Å². The predicted molar refractivity (Wildman–Crippen MR) is 76.1 cm³/mol. The molecule has 4 heteroatoms. The lowest BCUT2D eigenvalue weighted by atomic mass is 9.92. The fraction of sp³-hybridized carbons (Fsp3) is 0.133. The van der Waals surface area contributed by atoms with Crippen LogP contribution in [0.3, 0.4) is 0 Å². The molecule has 0 amide bonds. The summed E-state index contributed by atoms with van der Waals surface area (Å²) in [5, 5.41) is 3.18. The first-order valence-corrected chi connectivity index (χ1v) is 6.78. The van der Waals surface area contributed by atoms with Gasteiger partial charge in [0.1, 0.15) is 5.82 Å². The molecule has 1 aliphatic heterocycles. The summed E-state index contributed by atoms with van der Waals surface area (Å²) >= 11 is 3.27. The van der Waals surface area contributed by atoms with Gasteiger partial charge in [0, 0.05) is 16.7 Å². The molecule has 0 radical (unpaired) electrons. The van der Waals surface area contributed by atoms with Gasteiger partial charge in [-0.15, -0.1) is 0 Å². The Morgan fingerprint density at radius 1 is 1.26 bits per heavy atom. The number of rotatable bonds is 2. The number of hydrogen-bond donors (Lipinski definition) is 1. The Bertz CT molecular complexity index is 656. The summed E-state index contributed by atoms with van der Waals surface area (Å²) in [6.45, 7) is 0.518. The van der Waals surface area contributed by atoms with Gasteiger partial charge in [-0.3, -0.25) is 4.79 Å². The van der Waals surface area contributed by atoms with Crippen LogP contribution >= 0.6 is 15.9 Å². The molecule has 1 unspecified atom stereocenters. The van der Waals surface area contributed by atoms with Gasteiger partial charge in [0.15, 0.2) is 5.78 Å². The Balaban J connectivity index is 2.00. The topological polar surface area (TPSA) is 29.1 Å². The summed E-state index contributed by atoms with van der Waals surface area (Å²) in [6.07, 6.45) is 0. The Kier molecular flexibility index (Phi) is 3.11. The summed E-state index contributed by atoms with van der Waals surface area (Å²) < 4.78 is 14.5. The number of carbonyl (C=O) groups is 1. The molecule has 19 heavy (non-hydrogen) atoms. The molecule has 0 bridgehead atoms. The third kappa shape index (κ3) is 2.16. The van der Waals surface area contributed by atoms with Crippen molar-refractivity contribution in [1.29, 1.82) is 0 Å². The van der Waals surface area contributed by atoms with Gasteiger partial charge in [0.25, 0.3) is 0 Å². The zero-order valence-electron chi connectivity index (χ0n) is 9.99. The quantitative estimate of drug-likeness (QED) is 0.848. The molecule has 96 valence electrons. The summed E-state index contributed by atoms with van der Waals surface area (Å²) in [7, 11) is 0. The van der Waals surface area contributed by atoms with Gasteiger partial charge in [0.2, 0.25) is 0 Å². The molecule has 2 nitrogen and oxygen atoms in total. The Hall–Kier alpha value is -1.68. The molecule has 3 rings (SSSR count). The Morgan fingerprint density at radius 2 is 2.05 bits per heavy atom. The number of anilines is 1. The van der Waals surface area contributed by atoms with Crippen molar-refractivity contribution in [2.24, 2.45) is 0 Å². The minimum Gasteiger partial charge on any atom is -0.384 e. The van der Waals surface area contributed by atoms with Crippen molar-refractivity contribution in [3.63, 3.8) is 0 Å². The van der Waals surface area contributed by atoms with E-state index in [9.17, 15) is 9.18 Å². The van der Waals surface area contributed by atoms with E-state index >= 15 is 0 Å². The maximum Gasteiger partial charge on any atom is 0.175 e. The summed E-state index contributed by atoms with van der Waals surface area (Å²) in [5.41, 5.74) is 2.03. The molecule has 0 aliphatic carbocycles. The largest absolute Gasteiger partial charge is 0.384 e. The molecular weight excluding hydrogens is 309 g/mol. The molecule has 0 saturated heterocycles. The van der Waals surface area contributed by atoms with Crippen molar-refractivity contribution in [2.45, 2.75) is 5.92 Å². The van der Waals surface area contributed by atoms with Gasteiger partial charge in [0.05, 0.1) is 11.5 Å². The number of para-hydroxylation sites is 1. The fourth-order valence-electron chi connectivity index (χ4n) is 2.39. The number of Topliss-reactive ketones (excluding diaryl/α,β-unsaturated/α-hetero) is 1. The van der Waals surface area contributed by atoms with Gasteiger partial charge < -0.3 is 5.32 Å². The number of ketones is 1. The molecule has 1 atom stereocenters. The van der Waals surface area contributed by atoms with E-state index in [-0.39, 0.29) is 17.3 Å². The van der Waals surface area contributed by atoms with Crippen LogP contribution in [0.2, 0.25) is 0 Å². The zero-order valence-corrected chi connectivity index (χ0v) is 11.6. The number of halogens is 2. The standard InChI is InChI=1S/C15H11BrFNO/c16-9-5-6-13(17)11(7-9)15(19)12-8-18-14-4-2-1-3-10(12)14/h1-7,12,18H,8H2. The summed E-state index contributed by atoms with van der Waals surface area (Å²) in [5.74, 6) is -0.978. The first kappa shape index (κ1) is 12.4. The van der Waals surface area contributed by atoms with E-state index in [1.54, 1.807) is 12.1 Å². The lowest BCUT2D eigenvalue weighted by Crippen LogP contribution is -2.16. The maximum atomic E-state index is 13.8. The van der Waals surface area contributed by atoms with Crippen LogP contribution in [0.15, 0.2) is 46.9 Å². The molecule has 1 heterocycles. The van der Waals surface area contributed by atoms with Crippen molar-refractivity contribution in [1.82, 2.24) is 0 Å². The lowest BCUT2D eigenvalue weighted by Gasteiger charge is -2.10. The van der Waals surface area contributed by atoms with Gasteiger partial charge >= 0.3 is 0 Å². The van der Waals surface area contributed by atoms with Crippen LogP contribution in [0, 0.1) is 5.82 Å². The predicted octanol–water partition coefficient (Wildman–Crippen LogP) is 3.98. The van der Waals surface area contributed by atoms with E-state index in [0.717, 1.165) is 11.3 Å². The van der Waals surface area contributed by atoms with E-state index in [2.05, 4.69) is 21.2 Å². The van der Waals surface area contributed by atoms with Gasteiger partial charge in [-0.1, -0.05) is 34.1 Å². The highest BCUT2D eigenvalue weighted by molar-refractivity contribution is 9.10. The molecule has 2 aromatic carbocycles. The van der Waals surface area contributed by atoms with E-state index in [0.29, 0.717) is 11.0 Å². The van der Waals surface area contributed by atoms with Crippen molar-refractivity contribution in [2.75, 3.05) is 11.9 Å². The second-order valence-corrected chi connectivity index (χ2v) is 5.42. The SMILES string of the molecule is O=C(c1cc(Br)ccc1F)C1CNc2ccccc21. The highest BCUT2D eigenvalue weighted by atomic mass is 79.9. The Morgan fingerprint density at radius 3 is 2.89 bits per heavy atom. The number of benzene rings is 2. The minimum atomic E-state index is -0.474. The average molecular weight is 320 g/mol. The van der Waals surface area contributed by atoms with E-state index < -0.39 is 5.82 Å². The summed E-state index contributed by atoms with van der Waals surface area (Å²) in [6, 6.07) is 12.1. The van der Waals surface area contributed by atoms with E-state index in [1.807, 2.05) is 24.3 Å². The molecule has 1 N–H and O–H groups in total. The van der Waals surface area contributed by atoms with Gasteiger partial charge in [-0.05, 0) is 29.8 Å². The van der Waals surface area contributed by atoms with E-state index in [4.69, 9.17) is 0 Å². The smallest absolute Gasteiger partial charge is 0.175 e. The summed E-state index contributed by atoms with van der Waals surface area (Å²) in [4.78, 5) is 12.5. The van der Waals surface area contributed by atoms with Crippen LogP contribution in [0.1, 0.15) is 21.8 Å². The molecule has 2 aromatic rings. The molecule has 0 saturated carbocycles. The minimum absolute atomic E-state index is 0.137. The second-order valence-electron chi connectivity index (χ2n) is 4.51.